The maximum absolute atomic E-state index is 12.2. The van der Waals surface area contributed by atoms with Crippen molar-refractivity contribution in [1.82, 2.24) is 0 Å². The number of hydrogen-bond donors (Lipinski definition) is 0. The molecule has 116 valence electrons. The Balaban J connectivity index is 1.86. The highest BCUT2D eigenvalue weighted by Gasteiger charge is 2.10. The lowest BCUT2D eigenvalue weighted by molar-refractivity contribution is 0.0734. The molecule has 0 amide bonds. The largest absolute Gasteiger partial charge is 0.497 e. The van der Waals surface area contributed by atoms with Crippen LogP contribution in [-0.4, -0.2) is 20.2 Å². The molecule has 0 unspecified atom stereocenters. The summed E-state index contributed by atoms with van der Waals surface area (Å²) in [7, 11) is 3.18. The highest BCUT2D eigenvalue weighted by Crippen LogP contribution is 2.25. The van der Waals surface area contributed by atoms with E-state index in [1.54, 1.807) is 44.6 Å². The van der Waals surface area contributed by atoms with Crippen molar-refractivity contribution in [2.24, 2.45) is 0 Å². The fraction of sp³-hybridized carbons (Fsp3) is 0.105. The van der Waals surface area contributed by atoms with Gasteiger partial charge in [0.2, 0.25) is 0 Å². The maximum Gasteiger partial charge on any atom is 0.343 e. The summed E-state index contributed by atoms with van der Waals surface area (Å²) < 4.78 is 15.8. The Morgan fingerprint density at radius 2 is 1.39 bits per heavy atom. The van der Waals surface area contributed by atoms with Gasteiger partial charge < -0.3 is 14.2 Å². The molecule has 3 aromatic carbocycles. The molecule has 3 aromatic rings. The second-order valence-corrected chi connectivity index (χ2v) is 5.00. The molecule has 3 rings (SSSR count). The Bertz CT molecular complexity index is 855. The molecule has 0 heterocycles. The van der Waals surface area contributed by atoms with Crippen molar-refractivity contribution in [2.45, 2.75) is 0 Å². The number of fused-ring (bicyclic) bond motifs is 1. The molecular formula is C19H16O4. The van der Waals surface area contributed by atoms with E-state index in [1.807, 2.05) is 30.3 Å². The quantitative estimate of drug-likeness (QED) is 0.538. The average molecular weight is 308 g/mol. The minimum Gasteiger partial charge on any atom is -0.497 e. The molecule has 4 nitrogen and oxygen atoms in total. The number of ether oxygens (including phenoxy) is 3. The van der Waals surface area contributed by atoms with E-state index in [1.165, 1.54) is 0 Å². The molecule has 0 aromatic heterocycles. The van der Waals surface area contributed by atoms with Crippen molar-refractivity contribution in [3.05, 3.63) is 66.2 Å². The molecule has 0 aliphatic carbocycles. The minimum absolute atomic E-state index is 0.425. The minimum atomic E-state index is -0.425. The van der Waals surface area contributed by atoms with Gasteiger partial charge in [-0.05, 0) is 53.2 Å². The summed E-state index contributed by atoms with van der Waals surface area (Å²) in [5, 5.41) is 1.99. The summed E-state index contributed by atoms with van der Waals surface area (Å²) in [5.41, 5.74) is 0.440. The smallest absolute Gasteiger partial charge is 0.343 e. The van der Waals surface area contributed by atoms with Crippen molar-refractivity contribution in [2.75, 3.05) is 14.2 Å². The van der Waals surface area contributed by atoms with Gasteiger partial charge in [-0.2, -0.15) is 0 Å². The number of benzene rings is 3. The van der Waals surface area contributed by atoms with Gasteiger partial charge in [0, 0.05) is 0 Å². The molecule has 0 fully saturated rings. The average Bonchev–Trinajstić information content (AvgIpc) is 2.61. The van der Waals surface area contributed by atoms with Gasteiger partial charge in [-0.25, -0.2) is 4.79 Å². The standard InChI is InChI=1S/C19H16O4/c1-21-16-5-3-4-14(10-16)19(20)23-18-9-7-13-6-8-17(22-2)11-15(13)12-18/h3-12H,1-2H3. The van der Waals surface area contributed by atoms with Crippen LogP contribution in [0.1, 0.15) is 10.4 Å². The van der Waals surface area contributed by atoms with E-state index in [-0.39, 0.29) is 0 Å². The zero-order valence-electron chi connectivity index (χ0n) is 12.9. The number of hydrogen-bond acceptors (Lipinski definition) is 4. The lowest BCUT2D eigenvalue weighted by Crippen LogP contribution is -2.08. The van der Waals surface area contributed by atoms with Crippen LogP contribution in [0, 0.1) is 0 Å². The van der Waals surface area contributed by atoms with Crippen LogP contribution >= 0.6 is 0 Å². The van der Waals surface area contributed by atoms with E-state index in [2.05, 4.69) is 0 Å². The van der Waals surface area contributed by atoms with Crippen molar-refractivity contribution < 1.29 is 19.0 Å². The topological polar surface area (TPSA) is 44.8 Å². The Hall–Kier alpha value is -3.01. The molecule has 0 N–H and O–H groups in total. The van der Waals surface area contributed by atoms with Gasteiger partial charge in [-0.1, -0.05) is 18.2 Å². The first-order valence-electron chi connectivity index (χ1n) is 7.13. The van der Waals surface area contributed by atoms with Crippen LogP contribution in [-0.2, 0) is 0 Å². The highest BCUT2D eigenvalue weighted by molar-refractivity contribution is 5.92. The van der Waals surface area contributed by atoms with Crippen molar-refractivity contribution >= 4 is 16.7 Å². The van der Waals surface area contributed by atoms with Gasteiger partial charge in [0.25, 0.3) is 0 Å². The summed E-state index contributed by atoms with van der Waals surface area (Å²) in [5.74, 6) is 1.43. The summed E-state index contributed by atoms with van der Waals surface area (Å²) in [6.07, 6.45) is 0. The van der Waals surface area contributed by atoms with E-state index in [0.717, 1.165) is 16.5 Å². The molecule has 0 atom stereocenters. The van der Waals surface area contributed by atoms with E-state index >= 15 is 0 Å². The normalized spacial score (nSPS) is 10.3. The predicted octanol–water partition coefficient (Wildman–Crippen LogP) is 4.08. The third-order valence-corrected chi connectivity index (χ3v) is 3.53. The fourth-order valence-corrected chi connectivity index (χ4v) is 2.31. The highest BCUT2D eigenvalue weighted by atomic mass is 16.5. The summed E-state index contributed by atoms with van der Waals surface area (Å²) in [6, 6.07) is 18.1. The van der Waals surface area contributed by atoms with E-state index in [4.69, 9.17) is 14.2 Å². The molecule has 0 radical (unpaired) electrons. The first-order valence-corrected chi connectivity index (χ1v) is 7.13. The lowest BCUT2D eigenvalue weighted by Gasteiger charge is -2.08. The Morgan fingerprint density at radius 3 is 2.13 bits per heavy atom. The molecule has 4 heteroatoms. The molecule has 0 spiro atoms. The van der Waals surface area contributed by atoms with Crippen LogP contribution in [0.2, 0.25) is 0 Å². The van der Waals surface area contributed by atoms with Crippen LogP contribution in [0.25, 0.3) is 10.8 Å². The van der Waals surface area contributed by atoms with Crippen LogP contribution in [0.4, 0.5) is 0 Å². The van der Waals surface area contributed by atoms with Crippen LogP contribution in [0.3, 0.4) is 0 Å². The van der Waals surface area contributed by atoms with Gasteiger partial charge in [0.15, 0.2) is 0 Å². The molecule has 23 heavy (non-hydrogen) atoms. The summed E-state index contributed by atoms with van der Waals surface area (Å²) >= 11 is 0. The predicted molar refractivity (Wildman–Crippen MR) is 88.5 cm³/mol. The SMILES string of the molecule is COc1cccc(C(=O)Oc2ccc3ccc(OC)cc3c2)c1. The number of methoxy groups -OCH3 is 2. The van der Waals surface area contributed by atoms with Crippen LogP contribution in [0.5, 0.6) is 17.2 Å². The first-order chi connectivity index (χ1) is 11.2. The second kappa shape index (κ2) is 6.40. The summed E-state index contributed by atoms with van der Waals surface area (Å²) in [4.78, 5) is 12.2. The molecule has 0 saturated carbocycles. The Labute approximate surface area is 134 Å². The first kappa shape index (κ1) is 14.9. The van der Waals surface area contributed by atoms with Crippen molar-refractivity contribution in [3.8, 4) is 17.2 Å². The van der Waals surface area contributed by atoms with Gasteiger partial charge >= 0.3 is 5.97 Å². The maximum atomic E-state index is 12.2. The Kier molecular flexibility index (Phi) is 4.15. The summed E-state index contributed by atoms with van der Waals surface area (Å²) in [6.45, 7) is 0. The van der Waals surface area contributed by atoms with E-state index in [0.29, 0.717) is 17.1 Å². The van der Waals surface area contributed by atoms with Gasteiger partial charge in [-0.3, -0.25) is 0 Å². The number of carbonyl (C=O) groups is 1. The van der Waals surface area contributed by atoms with E-state index < -0.39 is 5.97 Å². The number of carbonyl (C=O) groups excluding carboxylic acids is 1. The van der Waals surface area contributed by atoms with Gasteiger partial charge in [0.1, 0.15) is 17.2 Å². The second-order valence-electron chi connectivity index (χ2n) is 5.00. The number of rotatable bonds is 4. The zero-order valence-corrected chi connectivity index (χ0v) is 12.9. The number of esters is 1. The van der Waals surface area contributed by atoms with E-state index in [9.17, 15) is 4.79 Å². The van der Waals surface area contributed by atoms with Crippen molar-refractivity contribution in [3.63, 3.8) is 0 Å². The third-order valence-electron chi connectivity index (χ3n) is 3.53. The fourth-order valence-electron chi connectivity index (χ4n) is 2.31. The molecular weight excluding hydrogens is 292 g/mol. The lowest BCUT2D eigenvalue weighted by atomic mass is 10.1. The van der Waals surface area contributed by atoms with Crippen LogP contribution in [0.15, 0.2) is 60.7 Å². The molecule has 0 bridgehead atoms. The third kappa shape index (κ3) is 3.26. The molecule has 0 saturated heterocycles. The van der Waals surface area contributed by atoms with Gasteiger partial charge in [-0.15, -0.1) is 0 Å². The molecule has 0 aliphatic heterocycles. The monoisotopic (exact) mass is 308 g/mol. The zero-order chi connectivity index (χ0) is 16.2. The molecule has 0 aliphatic rings. The van der Waals surface area contributed by atoms with Crippen molar-refractivity contribution in [1.29, 1.82) is 0 Å². The van der Waals surface area contributed by atoms with Gasteiger partial charge in [0.05, 0.1) is 19.8 Å². The Morgan fingerprint density at radius 1 is 0.739 bits per heavy atom. The van der Waals surface area contributed by atoms with Crippen LogP contribution < -0.4 is 14.2 Å².